The number of anilines is 3. The number of nitrogens with zero attached hydrogens (tertiary/aromatic N) is 3. The lowest BCUT2D eigenvalue weighted by atomic mass is 10.1. The van der Waals surface area contributed by atoms with Crippen molar-refractivity contribution in [1.29, 1.82) is 0 Å². The molecule has 0 saturated heterocycles. The van der Waals surface area contributed by atoms with Crippen LogP contribution < -0.4 is 11.1 Å². The maximum atomic E-state index is 11.1. The number of aryl methyl sites for hydroxylation is 1. The van der Waals surface area contributed by atoms with Crippen LogP contribution in [0.2, 0.25) is 0 Å². The fourth-order valence-corrected chi connectivity index (χ4v) is 2.19. The van der Waals surface area contributed by atoms with Crippen LogP contribution in [0.15, 0.2) is 48.8 Å². The molecule has 4 N–H and O–H groups in total. The number of benzene rings is 1. The Morgan fingerprint density at radius 2 is 2.04 bits per heavy atom. The second-order valence-corrected chi connectivity index (χ2v) is 5.20. The number of hydrogen-bond acceptors (Lipinski definition) is 6. The zero-order valence-electron chi connectivity index (χ0n) is 12.9. The van der Waals surface area contributed by atoms with Gasteiger partial charge in [-0.1, -0.05) is 6.07 Å². The topological polar surface area (TPSA) is 114 Å². The van der Waals surface area contributed by atoms with Crippen LogP contribution >= 0.6 is 0 Å². The number of carbonyl (C=O) groups is 1. The molecular formula is C17H15N5O2. The van der Waals surface area contributed by atoms with Gasteiger partial charge in [0.25, 0.3) is 0 Å². The smallest absolute Gasteiger partial charge is 0.335 e. The molecule has 7 nitrogen and oxygen atoms in total. The molecule has 3 aromatic rings. The fraction of sp³-hybridized carbons (Fsp3) is 0.0588. The van der Waals surface area contributed by atoms with E-state index >= 15 is 0 Å². The highest BCUT2D eigenvalue weighted by Gasteiger charge is 2.10. The lowest BCUT2D eigenvalue weighted by molar-refractivity contribution is 0.0697. The summed E-state index contributed by atoms with van der Waals surface area (Å²) in [5.74, 6) is -0.402. The Hall–Kier alpha value is -3.48. The van der Waals surface area contributed by atoms with Crippen LogP contribution in [0, 0.1) is 6.92 Å². The van der Waals surface area contributed by atoms with Crippen molar-refractivity contribution < 1.29 is 9.90 Å². The number of nitrogen functional groups attached to an aromatic ring is 1. The van der Waals surface area contributed by atoms with Gasteiger partial charge in [-0.05, 0) is 36.8 Å². The van der Waals surface area contributed by atoms with E-state index in [1.54, 1.807) is 36.7 Å². The monoisotopic (exact) mass is 321 g/mol. The Morgan fingerprint density at radius 3 is 2.75 bits per heavy atom. The number of rotatable bonds is 4. The van der Waals surface area contributed by atoms with Gasteiger partial charge in [0.05, 0.1) is 11.3 Å². The molecule has 0 aliphatic heterocycles. The molecule has 7 heteroatoms. The van der Waals surface area contributed by atoms with E-state index in [0.717, 1.165) is 11.1 Å². The third-order valence-electron chi connectivity index (χ3n) is 3.43. The zero-order chi connectivity index (χ0) is 17.1. The predicted molar refractivity (Wildman–Crippen MR) is 91.1 cm³/mol. The molecule has 2 heterocycles. The molecule has 0 unspecified atom stereocenters. The minimum Gasteiger partial charge on any atom is -0.478 e. The molecule has 0 bridgehead atoms. The summed E-state index contributed by atoms with van der Waals surface area (Å²) >= 11 is 0. The first-order valence-corrected chi connectivity index (χ1v) is 7.19. The van der Waals surface area contributed by atoms with E-state index < -0.39 is 5.97 Å². The molecule has 0 radical (unpaired) electrons. The molecule has 0 fully saturated rings. The first-order chi connectivity index (χ1) is 11.5. The molecule has 0 atom stereocenters. The molecule has 2 aromatic heterocycles. The zero-order valence-corrected chi connectivity index (χ0v) is 12.9. The summed E-state index contributed by atoms with van der Waals surface area (Å²) in [6.45, 7) is 1.86. The Kier molecular flexibility index (Phi) is 4.07. The van der Waals surface area contributed by atoms with E-state index in [-0.39, 0.29) is 5.56 Å². The average molecular weight is 321 g/mol. The van der Waals surface area contributed by atoms with Crippen molar-refractivity contribution in [1.82, 2.24) is 15.0 Å². The molecule has 1 aromatic carbocycles. The number of hydrogen-bond donors (Lipinski definition) is 3. The van der Waals surface area contributed by atoms with E-state index in [1.807, 2.05) is 13.0 Å². The Morgan fingerprint density at radius 1 is 1.21 bits per heavy atom. The van der Waals surface area contributed by atoms with Crippen LogP contribution in [-0.4, -0.2) is 26.0 Å². The maximum Gasteiger partial charge on any atom is 0.335 e. The van der Waals surface area contributed by atoms with Crippen molar-refractivity contribution in [3.8, 4) is 11.3 Å². The van der Waals surface area contributed by atoms with Gasteiger partial charge in [-0.25, -0.2) is 9.78 Å². The molecule has 0 spiro atoms. The number of aromatic nitrogens is 3. The van der Waals surface area contributed by atoms with Crippen molar-refractivity contribution >= 4 is 23.4 Å². The van der Waals surface area contributed by atoms with Crippen LogP contribution in [0.5, 0.6) is 0 Å². The minimum atomic E-state index is -0.998. The molecule has 3 rings (SSSR count). The quantitative estimate of drug-likeness (QED) is 0.677. The second-order valence-electron chi connectivity index (χ2n) is 5.20. The molecule has 24 heavy (non-hydrogen) atoms. The van der Waals surface area contributed by atoms with E-state index in [4.69, 9.17) is 10.8 Å². The van der Waals surface area contributed by atoms with Gasteiger partial charge in [0.1, 0.15) is 5.82 Å². The van der Waals surface area contributed by atoms with E-state index in [0.29, 0.717) is 23.1 Å². The summed E-state index contributed by atoms with van der Waals surface area (Å²) in [5.41, 5.74) is 8.96. The normalized spacial score (nSPS) is 10.4. The largest absolute Gasteiger partial charge is 0.478 e. The van der Waals surface area contributed by atoms with Crippen molar-refractivity contribution in [2.75, 3.05) is 11.1 Å². The molecule has 0 aliphatic carbocycles. The van der Waals surface area contributed by atoms with Crippen LogP contribution in [0.25, 0.3) is 11.3 Å². The SMILES string of the molecule is Cc1ccc(C(=O)O)cc1Nc1nc(N)cc(-c2cccnc2)n1. The first-order valence-electron chi connectivity index (χ1n) is 7.19. The van der Waals surface area contributed by atoms with E-state index in [9.17, 15) is 4.79 Å². The first kappa shape index (κ1) is 15.4. The molecule has 0 amide bonds. The summed E-state index contributed by atoms with van der Waals surface area (Å²) in [7, 11) is 0. The number of nitrogens with two attached hydrogens (primary N) is 1. The van der Waals surface area contributed by atoms with E-state index in [1.165, 1.54) is 6.07 Å². The number of carboxylic acids is 1. The van der Waals surface area contributed by atoms with Gasteiger partial charge >= 0.3 is 5.97 Å². The Balaban J connectivity index is 1.98. The van der Waals surface area contributed by atoms with Crippen LogP contribution in [0.1, 0.15) is 15.9 Å². The van der Waals surface area contributed by atoms with Gasteiger partial charge < -0.3 is 16.2 Å². The highest BCUT2D eigenvalue weighted by atomic mass is 16.4. The third-order valence-corrected chi connectivity index (χ3v) is 3.43. The summed E-state index contributed by atoms with van der Waals surface area (Å²) in [4.78, 5) is 23.8. The van der Waals surface area contributed by atoms with Crippen LogP contribution in [0.3, 0.4) is 0 Å². The standard InChI is InChI=1S/C17H15N5O2/c1-10-4-5-11(16(23)24)7-13(10)20-17-21-14(8-15(18)22-17)12-3-2-6-19-9-12/h2-9H,1H3,(H,23,24)(H3,18,20,21,22). The van der Waals surface area contributed by atoms with Gasteiger partial charge in [-0.15, -0.1) is 0 Å². The van der Waals surface area contributed by atoms with Crippen molar-refractivity contribution in [2.45, 2.75) is 6.92 Å². The van der Waals surface area contributed by atoms with Gasteiger partial charge in [-0.2, -0.15) is 4.98 Å². The predicted octanol–water partition coefficient (Wildman–Crippen LogP) is 2.87. The third kappa shape index (κ3) is 3.30. The minimum absolute atomic E-state index is 0.180. The molecule has 0 aliphatic rings. The van der Waals surface area contributed by atoms with Gasteiger partial charge in [-0.3, -0.25) is 4.98 Å². The maximum absolute atomic E-state index is 11.1. The summed E-state index contributed by atoms with van der Waals surface area (Å²) < 4.78 is 0. The lowest BCUT2D eigenvalue weighted by Crippen LogP contribution is -2.04. The molecule has 120 valence electrons. The highest BCUT2D eigenvalue weighted by Crippen LogP contribution is 2.23. The second kappa shape index (κ2) is 6.33. The van der Waals surface area contributed by atoms with Gasteiger partial charge in [0.2, 0.25) is 5.95 Å². The fourth-order valence-electron chi connectivity index (χ4n) is 2.19. The van der Waals surface area contributed by atoms with Crippen LogP contribution in [-0.2, 0) is 0 Å². The molecule has 0 saturated carbocycles. The summed E-state index contributed by atoms with van der Waals surface area (Å²) in [6.07, 6.45) is 3.36. The molecular weight excluding hydrogens is 306 g/mol. The Labute approximate surface area is 138 Å². The number of nitrogens with one attached hydrogen (secondary N) is 1. The van der Waals surface area contributed by atoms with Gasteiger partial charge in [0, 0.05) is 29.7 Å². The van der Waals surface area contributed by atoms with Crippen molar-refractivity contribution in [3.05, 3.63) is 59.9 Å². The van der Waals surface area contributed by atoms with Crippen molar-refractivity contribution in [2.24, 2.45) is 0 Å². The van der Waals surface area contributed by atoms with Crippen LogP contribution in [0.4, 0.5) is 17.5 Å². The van der Waals surface area contributed by atoms with E-state index in [2.05, 4.69) is 20.3 Å². The lowest BCUT2D eigenvalue weighted by Gasteiger charge is -2.11. The van der Waals surface area contributed by atoms with Gasteiger partial charge in [0.15, 0.2) is 0 Å². The highest BCUT2D eigenvalue weighted by molar-refractivity contribution is 5.89. The average Bonchev–Trinajstić information content (AvgIpc) is 2.57. The summed E-state index contributed by atoms with van der Waals surface area (Å²) in [5, 5.41) is 12.1. The number of pyridine rings is 1. The number of aromatic carboxylic acids is 1. The number of carboxylic acid groups (broad SMARTS) is 1. The van der Waals surface area contributed by atoms with Crippen molar-refractivity contribution in [3.63, 3.8) is 0 Å². The Bertz CT molecular complexity index is 897. The summed E-state index contributed by atoms with van der Waals surface area (Å²) in [6, 6.07) is 10.1.